The minimum absolute atomic E-state index is 0.0246. The summed E-state index contributed by atoms with van der Waals surface area (Å²) in [5, 5.41) is 3.11. The van der Waals surface area contributed by atoms with Crippen LogP contribution in [0.25, 0.3) is 11.1 Å². The van der Waals surface area contributed by atoms with Gasteiger partial charge in [0.05, 0.1) is 0 Å². The van der Waals surface area contributed by atoms with Crippen LogP contribution in [0.3, 0.4) is 0 Å². The first kappa shape index (κ1) is 21.9. The maximum atomic E-state index is 12.5. The summed E-state index contributed by atoms with van der Waals surface area (Å²) in [5.41, 5.74) is 6.21. The molecule has 1 saturated heterocycles. The Morgan fingerprint density at radius 2 is 1.61 bits per heavy atom. The Morgan fingerprint density at radius 1 is 0.848 bits per heavy atom. The van der Waals surface area contributed by atoms with Gasteiger partial charge in [0.2, 0.25) is 0 Å². The first-order chi connectivity index (χ1) is 16.3. The Morgan fingerprint density at radius 3 is 2.45 bits per heavy atom. The van der Waals surface area contributed by atoms with Crippen molar-refractivity contribution in [3.8, 4) is 11.1 Å². The van der Waals surface area contributed by atoms with E-state index in [2.05, 4.69) is 46.6 Å². The summed E-state index contributed by atoms with van der Waals surface area (Å²) in [6, 6.07) is 27.9. The van der Waals surface area contributed by atoms with Crippen molar-refractivity contribution in [3.63, 3.8) is 0 Å². The number of rotatable bonds is 7. The van der Waals surface area contributed by atoms with Crippen molar-refractivity contribution in [2.24, 2.45) is 0 Å². The first-order valence-electron chi connectivity index (χ1n) is 12.5. The van der Waals surface area contributed by atoms with Gasteiger partial charge < -0.3 is 5.32 Å². The van der Waals surface area contributed by atoms with Gasteiger partial charge in [-0.1, -0.05) is 66.7 Å². The highest BCUT2D eigenvalue weighted by Crippen LogP contribution is 2.40. The Hall–Kier alpha value is -2.91. The summed E-state index contributed by atoms with van der Waals surface area (Å²) in [7, 11) is 0. The number of carbonyl (C=O) groups excluding carboxylic acids is 1. The lowest BCUT2D eigenvalue weighted by Gasteiger charge is -2.45. The molecule has 1 N–H and O–H groups in total. The predicted molar refractivity (Wildman–Crippen MR) is 136 cm³/mol. The highest BCUT2D eigenvalue weighted by atomic mass is 16.1. The largest absolute Gasteiger partial charge is 0.352 e. The van der Waals surface area contributed by atoms with Crippen LogP contribution in [0.15, 0.2) is 78.9 Å². The number of nitrogens with one attached hydrogen (secondary N) is 1. The fourth-order valence-electron chi connectivity index (χ4n) is 5.77. The third-order valence-electron chi connectivity index (χ3n) is 7.47. The number of fused-ring (bicyclic) bond motifs is 3. The van der Waals surface area contributed by atoms with Crippen LogP contribution in [0.5, 0.6) is 0 Å². The second kappa shape index (κ2) is 10.4. The lowest BCUT2D eigenvalue weighted by atomic mass is 9.74. The average molecular weight is 439 g/mol. The molecule has 1 heterocycles. The smallest absolute Gasteiger partial charge is 0.251 e. The molecule has 3 nitrogen and oxygen atoms in total. The lowest BCUT2D eigenvalue weighted by molar-refractivity contribution is 0.0948. The van der Waals surface area contributed by atoms with Crippen LogP contribution in [0, 0.1) is 0 Å². The van der Waals surface area contributed by atoms with Crippen molar-refractivity contribution in [2.45, 2.75) is 50.5 Å². The van der Waals surface area contributed by atoms with E-state index >= 15 is 0 Å². The van der Waals surface area contributed by atoms with E-state index in [-0.39, 0.29) is 5.91 Å². The van der Waals surface area contributed by atoms with Crippen LogP contribution in [-0.2, 0) is 6.42 Å². The Kier molecular flexibility index (Phi) is 6.87. The summed E-state index contributed by atoms with van der Waals surface area (Å²) in [6.07, 6.45) is 7.29. The van der Waals surface area contributed by atoms with E-state index in [4.69, 9.17) is 0 Å². The number of aryl methyl sites for hydroxylation is 1. The Balaban J connectivity index is 1.07. The number of hydrogen-bond acceptors (Lipinski definition) is 2. The maximum Gasteiger partial charge on any atom is 0.251 e. The van der Waals surface area contributed by atoms with Gasteiger partial charge in [0.25, 0.3) is 5.91 Å². The van der Waals surface area contributed by atoms with Crippen molar-refractivity contribution in [2.75, 3.05) is 19.6 Å². The quantitative estimate of drug-likeness (QED) is 0.455. The molecular weight excluding hydrogens is 404 g/mol. The maximum absolute atomic E-state index is 12.5. The van der Waals surface area contributed by atoms with E-state index in [1.807, 2.05) is 42.5 Å². The normalized spacial score (nSPS) is 20.0. The number of amides is 1. The molecule has 3 aromatic carbocycles. The Labute approximate surface area is 197 Å². The second-order valence-electron chi connectivity index (χ2n) is 9.50. The number of piperidine rings is 1. The zero-order valence-electron chi connectivity index (χ0n) is 19.4. The van der Waals surface area contributed by atoms with Gasteiger partial charge in [0.15, 0.2) is 0 Å². The molecule has 0 saturated carbocycles. The standard InChI is InChI=1S/C30H34N2O/c33-30(26-16-14-24(15-17-26)23-9-2-1-3-10-23)31-20-6-7-21-32-22-8-13-28-27-12-5-4-11-25(27)18-19-29(28)32/h1-5,9-12,14-17,28-29H,6-8,13,18-22H2,(H,31,33)/t28-,29-/m0/s1. The zero-order valence-corrected chi connectivity index (χ0v) is 19.4. The fraction of sp³-hybridized carbons (Fsp3) is 0.367. The molecule has 3 heteroatoms. The minimum atomic E-state index is 0.0246. The van der Waals surface area contributed by atoms with Gasteiger partial charge in [0, 0.05) is 18.2 Å². The van der Waals surface area contributed by atoms with E-state index in [0.29, 0.717) is 12.0 Å². The minimum Gasteiger partial charge on any atom is -0.352 e. The van der Waals surface area contributed by atoms with Crippen LogP contribution in [0.4, 0.5) is 0 Å². The molecule has 1 amide bonds. The molecule has 170 valence electrons. The van der Waals surface area contributed by atoms with Crippen molar-refractivity contribution in [1.29, 1.82) is 0 Å². The topological polar surface area (TPSA) is 32.3 Å². The lowest BCUT2D eigenvalue weighted by Crippen LogP contribution is -2.46. The summed E-state index contributed by atoms with van der Waals surface area (Å²) in [6.45, 7) is 3.11. The van der Waals surface area contributed by atoms with Gasteiger partial charge in [-0.05, 0) is 91.9 Å². The molecule has 0 radical (unpaired) electrons. The van der Waals surface area contributed by atoms with Crippen LogP contribution in [0.2, 0.25) is 0 Å². The molecule has 0 bridgehead atoms. The third-order valence-corrected chi connectivity index (χ3v) is 7.47. The van der Waals surface area contributed by atoms with Gasteiger partial charge in [0.1, 0.15) is 0 Å². The summed E-state index contributed by atoms with van der Waals surface area (Å²) >= 11 is 0. The third kappa shape index (κ3) is 5.04. The van der Waals surface area contributed by atoms with Crippen molar-refractivity contribution >= 4 is 5.91 Å². The molecule has 1 aliphatic carbocycles. The van der Waals surface area contributed by atoms with Crippen molar-refractivity contribution < 1.29 is 4.79 Å². The summed E-state index contributed by atoms with van der Waals surface area (Å²) < 4.78 is 0. The predicted octanol–water partition coefficient (Wildman–Crippen LogP) is 6.06. The number of hydrogen-bond donors (Lipinski definition) is 1. The van der Waals surface area contributed by atoms with Crippen LogP contribution in [0.1, 0.15) is 59.5 Å². The monoisotopic (exact) mass is 438 g/mol. The van der Waals surface area contributed by atoms with Gasteiger partial charge in [-0.25, -0.2) is 0 Å². The summed E-state index contributed by atoms with van der Waals surface area (Å²) in [5.74, 6) is 0.735. The van der Waals surface area contributed by atoms with Gasteiger partial charge in [-0.2, -0.15) is 0 Å². The molecule has 0 aromatic heterocycles. The molecule has 0 spiro atoms. The highest BCUT2D eigenvalue weighted by molar-refractivity contribution is 5.94. The highest BCUT2D eigenvalue weighted by Gasteiger charge is 2.35. The molecule has 3 aromatic rings. The van der Waals surface area contributed by atoms with Crippen LogP contribution >= 0.6 is 0 Å². The molecule has 5 rings (SSSR count). The number of likely N-dealkylation sites (tertiary alicyclic amines) is 1. The van der Waals surface area contributed by atoms with E-state index < -0.39 is 0 Å². The average Bonchev–Trinajstić information content (AvgIpc) is 2.89. The van der Waals surface area contributed by atoms with Gasteiger partial charge >= 0.3 is 0 Å². The molecule has 1 fully saturated rings. The van der Waals surface area contributed by atoms with Crippen molar-refractivity contribution in [3.05, 3.63) is 95.6 Å². The van der Waals surface area contributed by atoms with E-state index in [9.17, 15) is 4.79 Å². The number of carbonyl (C=O) groups is 1. The molecular formula is C30H34N2O. The zero-order chi connectivity index (χ0) is 22.5. The molecule has 0 unspecified atom stereocenters. The van der Waals surface area contributed by atoms with E-state index in [0.717, 1.165) is 37.1 Å². The van der Waals surface area contributed by atoms with E-state index in [1.165, 1.54) is 37.8 Å². The van der Waals surface area contributed by atoms with Crippen LogP contribution in [-0.4, -0.2) is 36.5 Å². The molecule has 2 aliphatic rings. The van der Waals surface area contributed by atoms with Crippen molar-refractivity contribution in [1.82, 2.24) is 10.2 Å². The van der Waals surface area contributed by atoms with E-state index in [1.54, 1.807) is 11.1 Å². The Bertz CT molecular complexity index is 1060. The molecule has 2 atom stereocenters. The first-order valence-corrected chi connectivity index (χ1v) is 12.5. The SMILES string of the molecule is O=C(NCCCCN1CCC[C@H]2c3ccccc3CC[C@@H]21)c1ccc(-c2ccccc2)cc1. The van der Waals surface area contributed by atoms with Gasteiger partial charge in [-0.15, -0.1) is 0 Å². The second-order valence-corrected chi connectivity index (χ2v) is 9.50. The number of benzene rings is 3. The number of nitrogens with zero attached hydrogens (tertiary/aromatic N) is 1. The molecule has 1 aliphatic heterocycles. The fourth-order valence-corrected chi connectivity index (χ4v) is 5.77. The molecule has 33 heavy (non-hydrogen) atoms. The summed E-state index contributed by atoms with van der Waals surface area (Å²) in [4.78, 5) is 15.3. The van der Waals surface area contributed by atoms with Gasteiger partial charge in [-0.3, -0.25) is 9.69 Å². The number of unbranched alkanes of at least 4 members (excludes halogenated alkanes) is 1. The van der Waals surface area contributed by atoms with Crippen LogP contribution < -0.4 is 5.32 Å².